The molecule has 2 aromatic rings. The topological polar surface area (TPSA) is 76.0 Å². The van der Waals surface area contributed by atoms with Crippen molar-refractivity contribution in [3.8, 4) is 11.5 Å². The summed E-state index contributed by atoms with van der Waals surface area (Å²) in [5.41, 5.74) is 3.22. The van der Waals surface area contributed by atoms with Gasteiger partial charge in [0.15, 0.2) is 0 Å². The molecule has 0 unspecified atom stereocenters. The predicted molar refractivity (Wildman–Crippen MR) is 119 cm³/mol. The number of ether oxygens (including phenoxy) is 2. The minimum absolute atomic E-state index is 0.0632. The molecule has 0 aliphatic rings. The number of hydrogen-bond donors (Lipinski definition) is 2. The maximum absolute atomic E-state index is 12.6. The minimum atomic E-state index is -0.796. The molecule has 5 heteroatoms. The molecular weight excluding hydrogens is 380 g/mol. The lowest BCUT2D eigenvalue weighted by atomic mass is 9.85. The van der Waals surface area contributed by atoms with Crippen molar-refractivity contribution in [1.29, 1.82) is 0 Å². The first-order valence-electron chi connectivity index (χ1n) is 10.3. The van der Waals surface area contributed by atoms with E-state index in [-0.39, 0.29) is 24.0 Å². The Morgan fingerprint density at radius 3 is 1.40 bits per heavy atom. The lowest BCUT2D eigenvalue weighted by Gasteiger charge is -2.24. The van der Waals surface area contributed by atoms with Crippen LogP contribution in [0.2, 0.25) is 0 Å². The summed E-state index contributed by atoms with van der Waals surface area (Å²) in [4.78, 5) is 12.6. The molecule has 0 fully saturated rings. The van der Waals surface area contributed by atoms with Crippen LogP contribution in [-0.4, -0.2) is 29.6 Å². The van der Waals surface area contributed by atoms with Gasteiger partial charge >= 0.3 is 6.16 Å². The van der Waals surface area contributed by atoms with Crippen molar-refractivity contribution in [3.63, 3.8) is 0 Å². The highest BCUT2D eigenvalue weighted by molar-refractivity contribution is 5.69. The lowest BCUT2D eigenvalue weighted by molar-refractivity contribution is 0.150. The number of rotatable bonds is 6. The molecule has 0 amide bonds. The molecule has 0 aliphatic heterocycles. The van der Waals surface area contributed by atoms with E-state index in [4.69, 9.17) is 9.47 Å². The van der Waals surface area contributed by atoms with Gasteiger partial charge < -0.3 is 19.7 Å². The molecule has 0 radical (unpaired) electrons. The second-order valence-corrected chi connectivity index (χ2v) is 9.56. The Morgan fingerprint density at radius 1 is 0.733 bits per heavy atom. The third-order valence-corrected chi connectivity index (χ3v) is 4.89. The fourth-order valence-corrected chi connectivity index (χ4v) is 3.27. The molecule has 0 aromatic heterocycles. The van der Waals surface area contributed by atoms with Crippen molar-refractivity contribution in [2.24, 2.45) is 0 Å². The average Bonchev–Trinajstić information content (AvgIpc) is 2.63. The number of hydrogen-bond acceptors (Lipinski definition) is 5. The second-order valence-electron chi connectivity index (χ2n) is 9.56. The van der Waals surface area contributed by atoms with E-state index < -0.39 is 6.16 Å². The van der Waals surface area contributed by atoms with Crippen molar-refractivity contribution < 1.29 is 24.5 Å². The standard InChI is InChI=1S/C25H34O5/c1-24(2,3)19-15-17(11-13-26)7-9-21(19)29-23(28)30-22-10-8-18(12-14-27)16-20(22)25(4,5)6/h7-10,15-16,26-27H,11-14H2,1-6H3. The molecule has 0 spiro atoms. The smallest absolute Gasteiger partial charge is 0.396 e. The molecule has 0 heterocycles. The van der Waals surface area contributed by atoms with Gasteiger partial charge in [0.05, 0.1) is 0 Å². The van der Waals surface area contributed by atoms with Gasteiger partial charge in [0.25, 0.3) is 0 Å². The van der Waals surface area contributed by atoms with Crippen molar-refractivity contribution in [2.45, 2.75) is 65.2 Å². The number of aliphatic hydroxyl groups is 2. The molecule has 0 saturated carbocycles. The Kier molecular flexibility index (Phi) is 7.67. The first kappa shape index (κ1) is 23.9. The Labute approximate surface area is 179 Å². The average molecular weight is 415 g/mol. The van der Waals surface area contributed by atoms with E-state index >= 15 is 0 Å². The Hall–Kier alpha value is -2.37. The molecule has 0 bridgehead atoms. The number of carbonyl (C=O) groups excluding carboxylic acids is 1. The van der Waals surface area contributed by atoms with Gasteiger partial charge in [0, 0.05) is 24.3 Å². The van der Waals surface area contributed by atoms with Crippen molar-refractivity contribution in [2.75, 3.05) is 13.2 Å². The zero-order valence-corrected chi connectivity index (χ0v) is 18.9. The fraction of sp³-hybridized carbons (Fsp3) is 0.480. The van der Waals surface area contributed by atoms with Gasteiger partial charge in [-0.15, -0.1) is 0 Å². The SMILES string of the molecule is CC(C)(C)c1cc(CCO)ccc1OC(=O)Oc1ccc(CCO)cc1C(C)(C)C. The predicted octanol–water partition coefficient (Wildman–Crippen LogP) is 4.93. The lowest BCUT2D eigenvalue weighted by Crippen LogP contribution is -2.21. The van der Waals surface area contributed by atoms with Crippen LogP contribution in [0.1, 0.15) is 63.8 Å². The zero-order valence-electron chi connectivity index (χ0n) is 18.9. The number of carbonyl (C=O) groups is 1. The molecule has 2 N–H and O–H groups in total. The molecule has 0 aliphatic carbocycles. The third-order valence-electron chi connectivity index (χ3n) is 4.89. The van der Waals surface area contributed by atoms with Crippen LogP contribution in [0, 0.1) is 0 Å². The fourth-order valence-electron chi connectivity index (χ4n) is 3.27. The van der Waals surface area contributed by atoms with E-state index in [9.17, 15) is 15.0 Å². The van der Waals surface area contributed by atoms with Gasteiger partial charge in [0.2, 0.25) is 0 Å². The van der Waals surface area contributed by atoms with Crippen molar-refractivity contribution in [3.05, 3.63) is 58.7 Å². The minimum Gasteiger partial charge on any atom is -0.396 e. The van der Waals surface area contributed by atoms with Gasteiger partial charge in [-0.1, -0.05) is 65.8 Å². The van der Waals surface area contributed by atoms with Gasteiger partial charge in [-0.05, 0) is 46.9 Å². The molecule has 30 heavy (non-hydrogen) atoms. The Bertz CT molecular complexity index is 801. The van der Waals surface area contributed by atoms with Gasteiger partial charge in [0.1, 0.15) is 11.5 Å². The van der Waals surface area contributed by atoms with Crippen LogP contribution >= 0.6 is 0 Å². The van der Waals surface area contributed by atoms with E-state index in [2.05, 4.69) is 0 Å². The molecule has 0 saturated heterocycles. The van der Waals surface area contributed by atoms with Crippen LogP contribution in [0.4, 0.5) is 4.79 Å². The first-order chi connectivity index (χ1) is 14.0. The normalized spacial score (nSPS) is 12.0. The Balaban J connectivity index is 2.30. The van der Waals surface area contributed by atoms with Crippen LogP contribution in [0.5, 0.6) is 11.5 Å². The Morgan fingerprint density at radius 2 is 1.10 bits per heavy atom. The molecule has 0 atom stereocenters. The van der Waals surface area contributed by atoms with E-state index in [0.717, 1.165) is 22.3 Å². The molecule has 2 rings (SSSR count). The molecular formula is C25H34O5. The van der Waals surface area contributed by atoms with E-state index in [1.807, 2.05) is 65.8 Å². The summed E-state index contributed by atoms with van der Waals surface area (Å²) in [6.07, 6.45) is 0.294. The van der Waals surface area contributed by atoms with Crippen molar-refractivity contribution in [1.82, 2.24) is 0 Å². The highest BCUT2D eigenvalue weighted by atomic mass is 16.7. The quantitative estimate of drug-likeness (QED) is 0.518. The molecule has 2 aromatic carbocycles. The summed E-state index contributed by atoms with van der Waals surface area (Å²) < 4.78 is 11.2. The summed E-state index contributed by atoms with van der Waals surface area (Å²) in [6, 6.07) is 11.1. The highest BCUT2D eigenvalue weighted by Crippen LogP contribution is 2.35. The van der Waals surface area contributed by atoms with Gasteiger partial charge in [-0.3, -0.25) is 0 Å². The molecule has 5 nitrogen and oxygen atoms in total. The van der Waals surface area contributed by atoms with E-state index in [1.54, 1.807) is 12.1 Å². The monoisotopic (exact) mass is 414 g/mol. The van der Waals surface area contributed by atoms with Gasteiger partial charge in [-0.25, -0.2) is 4.79 Å². The third kappa shape index (κ3) is 6.31. The van der Waals surface area contributed by atoms with E-state index in [0.29, 0.717) is 24.3 Å². The first-order valence-corrected chi connectivity index (χ1v) is 10.3. The summed E-state index contributed by atoms with van der Waals surface area (Å²) in [7, 11) is 0. The summed E-state index contributed by atoms with van der Waals surface area (Å²) in [6.45, 7) is 12.4. The maximum atomic E-state index is 12.6. The number of benzene rings is 2. The van der Waals surface area contributed by atoms with Crippen LogP contribution in [-0.2, 0) is 23.7 Å². The summed E-state index contributed by atoms with van der Waals surface area (Å²) >= 11 is 0. The van der Waals surface area contributed by atoms with Crippen LogP contribution in [0.3, 0.4) is 0 Å². The summed E-state index contributed by atoms with van der Waals surface area (Å²) in [5, 5.41) is 18.4. The second kappa shape index (κ2) is 9.63. The van der Waals surface area contributed by atoms with Crippen molar-refractivity contribution >= 4 is 6.16 Å². The number of aliphatic hydroxyl groups excluding tert-OH is 2. The van der Waals surface area contributed by atoms with Crippen LogP contribution in [0.25, 0.3) is 0 Å². The van der Waals surface area contributed by atoms with Gasteiger partial charge in [-0.2, -0.15) is 0 Å². The van der Waals surface area contributed by atoms with Crippen LogP contribution in [0.15, 0.2) is 36.4 Å². The largest absolute Gasteiger partial charge is 0.519 e. The van der Waals surface area contributed by atoms with E-state index in [1.165, 1.54) is 0 Å². The van der Waals surface area contributed by atoms with Crippen LogP contribution < -0.4 is 9.47 Å². The molecule has 164 valence electrons. The summed E-state index contributed by atoms with van der Waals surface area (Å²) in [5.74, 6) is 0.895. The zero-order chi connectivity index (χ0) is 22.5. The highest BCUT2D eigenvalue weighted by Gasteiger charge is 2.24. The maximum Gasteiger partial charge on any atom is 0.519 e.